The van der Waals surface area contributed by atoms with E-state index in [4.69, 9.17) is 21.7 Å². The zero-order valence-electron chi connectivity index (χ0n) is 17.6. The molecule has 0 atom stereocenters. The van der Waals surface area contributed by atoms with E-state index in [9.17, 15) is 9.59 Å². The van der Waals surface area contributed by atoms with Crippen molar-refractivity contribution in [1.82, 2.24) is 4.90 Å². The van der Waals surface area contributed by atoms with Gasteiger partial charge in [0.25, 0.3) is 5.91 Å². The Morgan fingerprint density at radius 3 is 2.59 bits per heavy atom. The standard InChI is InChI=1S/C23H22BrNO5S2/c1-3-29-19-12-16(6-9-18(19)30-14-15-4-7-17(24)8-5-15)13-20-22(27)25(23(31)32-20)11-10-21(26)28-2/h4-9,12-13H,3,10-11,14H2,1-2H3/b20-13+. The maximum Gasteiger partial charge on any atom is 0.307 e. The largest absolute Gasteiger partial charge is 0.490 e. The SMILES string of the molecule is CCOc1cc(/C=C2/SC(=S)N(CCC(=O)OC)C2=O)ccc1OCc1ccc(Br)cc1. The number of hydrogen-bond donors (Lipinski definition) is 0. The number of rotatable bonds is 9. The molecule has 0 aliphatic carbocycles. The lowest BCUT2D eigenvalue weighted by Crippen LogP contribution is -2.30. The predicted molar refractivity (Wildman–Crippen MR) is 133 cm³/mol. The summed E-state index contributed by atoms with van der Waals surface area (Å²) in [7, 11) is 1.31. The van der Waals surface area contributed by atoms with Crippen LogP contribution >= 0.6 is 39.9 Å². The second kappa shape index (κ2) is 11.5. The van der Waals surface area contributed by atoms with E-state index in [1.54, 1.807) is 6.08 Å². The minimum absolute atomic E-state index is 0.0924. The minimum atomic E-state index is -0.386. The van der Waals surface area contributed by atoms with Gasteiger partial charge < -0.3 is 14.2 Å². The molecule has 0 aromatic heterocycles. The third kappa shape index (κ3) is 6.34. The van der Waals surface area contributed by atoms with Crippen molar-refractivity contribution in [3.63, 3.8) is 0 Å². The number of halogens is 1. The maximum atomic E-state index is 12.7. The Kier molecular flexibility index (Phi) is 8.72. The van der Waals surface area contributed by atoms with Crippen molar-refractivity contribution in [2.75, 3.05) is 20.3 Å². The van der Waals surface area contributed by atoms with Crippen LogP contribution in [0, 0.1) is 0 Å². The summed E-state index contributed by atoms with van der Waals surface area (Å²) >= 11 is 9.94. The summed E-state index contributed by atoms with van der Waals surface area (Å²) in [6.45, 7) is 2.98. The number of esters is 1. The molecule has 1 aliphatic rings. The van der Waals surface area contributed by atoms with E-state index in [0.717, 1.165) is 15.6 Å². The molecule has 0 saturated carbocycles. The number of benzene rings is 2. The van der Waals surface area contributed by atoms with E-state index in [1.165, 1.54) is 23.8 Å². The molecule has 32 heavy (non-hydrogen) atoms. The first-order valence-electron chi connectivity index (χ1n) is 9.87. The Balaban J connectivity index is 1.73. The number of methoxy groups -OCH3 is 1. The fourth-order valence-corrected chi connectivity index (χ4v) is 4.47. The molecule has 2 aromatic carbocycles. The van der Waals surface area contributed by atoms with Crippen LogP contribution in [0.3, 0.4) is 0 Å². The van der Waals surface area contributed by atoms with Crippen LogP contribution < -0.4 is 9.47 Å². The summed E-state index contributed by atoms with van der Waals surface area (Å²) < 4.78 is 17.8. The van der Waals surface area contributed by atoms with Gasteiger partial charge in [-0.25, -0.2) is 0 Å². The lowest BCUT2D eigenvalue weighted by atomic mass is 10.1. The molecular formula is C23H22BrNO5S2. The van der Waals surface area contributed by atoms with Crippen LogP contribution in [0.5, 0.6) is 11.5 Å². The number of carbonyl (C=O) groups excluding carboxylic acids is 2. The van der Waals surface area contributed by atoms with Gasteiger partial charge in [-0.1, -0.05) is 58.1 Å². The molecule has 9 heteroatoms. The lowest BCUT2D eigenvalue weighted by molar-refractivity contribution is -0.140. The molecule has 1 saturated heterocycles. The maximum absolute atomic E-state index is 12.7. The highest BCUT2D eigenvalue weighted by Gasteiger charge is 2.32. The van der Waals surface area contributed by atoms with E-state index in [0.29, 0.717) is 33.9 Å². The first-order valence-corrected chi connectivity index (χ1v) is 11.9. The van der Waals surface area contributed by atoms with Crippen LogP contribution in [0.25, 0.3) is 6.08 Å². The van der Waals surface area contributed by atoms with Gasteiger partial charge >= 0.3 is 5.97 Å². The van der Waals surface area contributed by atoms with Crippen LogP contribution in [0.15, 0.2) is 51.8 Å². The molecule has 3 rings (SSSR count). The summed E-state index contributed by atoms with van der Waals surface area (Å²) in [5, 5.41) is 0. The summed E-state index contributed by atoms with van der Waals surface area (Å²) in [5.74, 6) is 0.609. The van der Waals surface area contributed by atoms with Crippen LogP contribution in [0.1, 0.15) is 24.5 Å². The van der Waals surface area contributed by atoms with Gasteiger partial charge in [-0.2, -0.15) is 0 Å². The fourth-order valence-electron chi connectivity index (χ4n) is 2.89. The average molecular weight is 536 g/mol. The lowest BCUT2D eigenvalue weighted by Gasteiger charge is -2.13. The van der Waals surface area contributed by atoms with Crippen molar-refractivity contribution in [1.29, 1.82) is 0 Å². The summed E-state index contributed by atoms with van der Waals surface area (Å²) in [5.41, 5.74) is 1.83. The first-order chi connectivity index (χ1) is 15.4. The van der Waals surface area contributed by atoms with Crippen molar-refractivity contribution in [3.8, 4) is 11.5 Å². The second-order valence-electron chi connectivity index (χ2n) is 6.71. The van der Waals surface area contributed by atoms with Crippen molar-refractivity contribution in [2.45, 2.75) is 20.0 Å². The average Bonchev–Trinajstić information content (AvgIpc) is 3.05. The molecule has 1 amide bonds. The van der Waals surface area contributed by atoms with Crippen molar-refractivity contribution in [2.24, 2.45) is 0 Å². The number of amides is 1. The quantitative estimate of drug-likeness (QED) is 0.248. The van der Waals surface area contributed by atoms with Gasteiger partial charge in [0.2, 0.25) is 0 Å². The van der Waals surface area contributed by atoms with Gasteiger partial charge in [-0.3, -0.25) is 14.5 Å². The van der Waals surface area contributed by atoms with Crippen molar-refractivity contribution in [3.05, 3.63) is 63.0 Å². The normalized spacial score (nSPS) is 14.7. The van der Waals surface area contributed by atoms with E-state index >= 15 is 0 Å². The number of ether oxygens (including phenoxy) is 3. The molecular weight excluding hydrogens is 514 g/mol. The monoisotopic (exact) mass is 535 g/mol. The number of hydrogen-bond acceptors (Lipinski definition) is 7. The number of nitrogens with zero attached hydrogens (tertiary/aromatic N) is 1. The smallest absolute Gasteiger partial charge is 0.307 e. The summed E-state index contributed by atoms with van der Waals surface area (Å²) in [6, 6.07) is 13.4. The number of carbonyl (C=O) groups is 2. The Bertz CT molecular complexity index is 1040. The molecule has 0 spiro atoms. The van der Waals surface area contributed by atoms with Crippen molar-refractivity contribution < 1.29 is 23.8 Å². The van der Waals surface area contributed by atoms with Crippen LogP contribution in [-0.2, 0) is 20.9 Å². The Hall–Kier alpha value is -2.36. The molecule has 1 aliphatic heterocycles. The third-order valence-corrected chi connectivity index (χ3v) is 6.42. The molecule has 6 nitrogen and oxygen atoms in total. The van der Waals surface area contributed by atoms with Crippen LogP contribution in [0.4, 0.5) is 0 Å². The van der Waals surface area contributed by atoms with Gasteiger partial charge in [0, 0.05) is 11.0 Å². The zero-order valence-corrected chi connectivity index (χ0v) is 20.8. The zero-order chi connectivity index (χ0) is 23.1. The fraction of sp³-hybridized carbons (Fsp3) is 0.261. The molecule has 0 unspecified atom stereocenters. The minimum Gasteiger partial charge on any atom is -0.490 e. The van der Waals surface area contributed by atoms with E-state index in [-0.39, 0.29) is 24.8 Å². The Labute approximate surface area is 205 Å². The van der Waals surface area contributed by atoms with Crippen LogP contribution in [-0.4, -0.2) is 41.4 Å². The van der Waals surface area contributed by atoms with E-state index < -0.39 is 0 Å². The number of thioether (sulfide) groups is 1. The van der Waals surface area contributed by atoms with Gasteiger partial charge in [-0.05, 0) is 48.4 Å². The highest BCUT2D eigenvalue weighted by atomic mass is 79.9. The second-order valence-corrected chi connectivity index (χ2v) is 9.31. The molecule has 0 bridgehead atoms. The van der Waals surface area contributed by atoms with E-state index in [1.807, 2.05) is 49.4 Å². The summed E-state index contributed by atoms with van der Waals surface area (Å²) in [6.07, 6.45) is 1.85. The highest BCUT2D eigenvalue weighted by molar-refractivity contribution is 9.10. The topological polar surface area (TPSA) is 65.1 Å². The highest BCUT2D eigenvalue weighted by Crippen LogP contribution is 2.35. The van der Waals surface area contributed by atoms with E-state index in [2.05, 4.69) is 20.7 Å². The van der Waals surface area contributed by atoms with Gasteiger partial charge in [0.05, 0.1) is 25.0 Å². The van der Waals surface area contributed by atoms with Crippen molar-refractivity contribution >= 4 is 62.2 Å². The summed E-state index contributed by atoms with van der Waals surface area (Å²) in [4.78, 5) is 26.0. The Morgan fingerprint density at radius 1 is 1.16 bits per heavy atom. The molecule has 0 radical (unpaired) electrons. The molecule has 2 aromatic rings. The number of thiocarbonyl (C=S) groups is 1. The van der Waals surface area contributed by atoms with Gasteiger partial charge in [-0.15, -0.1) is 0 Å². The third-order valence-electron chi connectivity index (χ3n) is 4.51. The van der Waals surface area contributed by atoms with Gasteiger partial charge in [0.1, 0.15) is 10.9 Å². The van der Waals surface area contributed by atoms with Gasteiger partial charge in [0.15, 0.2) is 11.5 Å². The first kappa shape index (κ1) is 24.3. The molecule has 1 fully saturated rings. The Morgan fingerprint density at radius 2 is 1.91 bits per heavy atom. The predicted octanol–water partition coefficient (Wildman–Crippen LogP) is 5.19. The van der Waals surface area contributed by atoms with Crippen LogP contribution in [0.2, 0.25) is 0 Å². The molecule has 0 N–H and O–H groups in total. The molecule has 168 valence electrons. The molecule has 1 heterocycles.